The van der Waals surface area contributed by atoms with Gasteiger partial charge in [-0.05, 0) is 30.7 Å². The summed E-state index contributed by atoms with van der Waals surface area (Å²) in [6.07, 6.45) is 1.88. The van der Waals surface area contributed by atoms with E-state index in [-0.39, 0.29) is 16.7 Å². The summed E-state index contributed by atoms with van der Waals surface area (Å²) < 4.78 is 1.49. The van der Waals surface area contributed by atoms with Crippen LogP contribution in [0.3, 0.4) is 0 Å². The smallest absolute Gasteiger partial charge is 0.337 e. The van der Waals surface area contributed by atoms with E-state index in [0.29, 0.717) is 17.8 Å². The van der Waals surface area contributed by atoms with Gasteiger partial charge in [-0.25, -0.2) is 14.4 Å². The topological polar surface area (TPSA) is 117 Å². The molecular formula is C15H13NO6. The third-order valence-corrected chi connectivity index (χ3v) is 3.25. The first-order valence-electron chi connectivity index (χ1n) is 6.40. The molecule has 0 aliphatic heterocycles. The predicted octanol–water partition coefficient (Wildman–Crippen LogP) is 2.13. The second kappa shape index (κ2) is 5.72. The van der Waals surface area contributed by atoms with Crippen LogP contribution in [0.1, 0.15) is 43.7 Å². The highest BCUT2D eigenvalue weighted by atomic mass is 16.4. The van der Waals surface area contributed by atoms with Crippen LogP contribution in [0.4, 0.5) is 0 Å². The second-order valence-corrected chi connectivity index (χ2v) is 4.58. The van der Waals surface area contributed by atoms with Crippen molar-refractivity contribution < 1.29 is 29.7 Å². The van der Waals surface area contributed by atoms with E-state index in [0.717, 1.165) is 6.07 Å². The minimum absolute atomic E-state index is 0.0973. The lowest BCUT2D eigenvalue weighted by molar-refractivity contribution is 0.0681. The lowest BCUT2D eigenvalue weighted by Crippen LogP contribution is -2.08. The van der Waals surface area contributed by atoms with E-state index < -0.39 is 17.9 Å². The lowest BCUT2D eigenvalue weighted by Gasteiger charge is -2.11. The summed E-state index contributed by atoms with van der Waals surface area (Å²) in [5.74, 6) is -3.61. The third kappa shape index (κ3) is 2.69. The zero-order valence-corrected chi connectivity index (χ0v) is 11.6. The summed E-state index contributed by atoms with van der Waals surface area (Å²) in [5.41, 5.74) is 0.498. The minimum atomic E-state index is -1.26. The SMILES string of the molecule is CCc1c(C(=O)O)ccn1-c1cc(C(=O)O)cc(C(=O)O)c1. The van der Waals surface area contributed by atoms with Crippen LogP contribution in [0.2, 0.25) is 0 Å². The van der Waals surface area contributed by atoms with Gasteiger partial charge in [-0.15, -0.1) is 0 Å². The van der Waals surface area contributed by atoms with Gasteiger partial charge in [0.2, 0.25) is 0 Å². The number of nitrogens with zero attached hydrogens (tertiary/aromatic N) is 1. The minimum Gasteiger partial charge on any atom is -0.478 e. The van der Waals surface area contributed by atoms with Crippen LogP contribution in [-0.4, -0.2) is 37.8 Å². The molecular weight excluding hydrogens is 290 g/mol. The Morgan fingerprint density at radius 1 is 0.955 bits per heavy atom. The molecule has 3 N–H and O–H groups in total. The van der Waals surface area contributed by atoms with Gasteiger partial charge >= 0.3 is 17.9 Å². The molecule has 0 amide bonds. The van der Waals surface area contributed by atoms with Crippen LogP contribution < -0.4 is 0 Å². The summed E-state index contributed by atoms with van der Waals surface area (Å²) in [6.45, 7) is 1.76. The van der Waals surface area contributed by atoms with Crippen molar-refractivity contribution in [3.63, 3.8) is 0 Å². The maximum atomic E-state index is 11.2. The molecule has 0 fully saturated rings. The fourth-order valence-corrected chi connectivity index (χ4v) is 2.26. The largest absolute Gasteiger partial charge is 0.478 e. The molecule has 114 valence electrons. The molecule has 0 saturated carbocycles. The first-order chi connectivity index (χ1) is 10.3. The molecule has 0 aliphatic carbocycles. The Bertz CT molecular complexity index is 742. The van der Waals surface area contributed by atoms with E-state index in [1.807, 2.05) is 0 Å². The maximum absolute atomic E-state index is 11.2. The van der Waals surface area contributed by atoms with Crippen molar-refractivity contribution in [1.29, 1.82) is 0 Å². The van der Waals surface area contributed by atoms with Gasteiger partial charge < -0.3 is 19.9 Å². The molecule has 1 heterocycles. The van der Waals surface area contributed by atoms with Gasteiger partial charge in [-0.3, -0.25) is 0 Å². The first-order valence-corrected chi connectivity index (χ1v) is 6.40. The van der Waals surface area contributed by atoms with Crippen LogP contribution in [-0.2, 0) is 6.42 Å². The normalized spacial score (nSPS) is 10.4. The summed E-state index contributed by atoms with van der Waals surface area (Å²) in [5, 5.41) is 27.3. The Morgan fingerprint density at radius 2 is 1.50 bits per heavy atom. The Labute approximate surface area is 125 Å². The highest BCUT2D eigenvalue weighted by molar-refractivity contribution is 5.95. The monoisotopic (exact) mass is 303 g/mol. The molecule has 0 spiro atoms. The molecule has 22 heavy (non-hydrogen) atoms. The Morgan fingerprint density at radius 3 is 1.91 bits per heavy atom. The summed E-state index contributed by atoms with van der Waals surface area (Å²) in [4.78, 5) is 33.4. The average molecular weight is 303 g/mol. The number of hydrogen-bond acceptors (Lipinski definition) is 3. The molecule has 7 nitrogen and oxygen atoms in total. The molecule has 0 unspecified atom stereocenters. The molecule has 2 aromatic rings. The van der Waals surface area contributed by atoms with Crippen molar-refractivity contribution in [1.82, 2.24) is 4.57 Å². The summed E-state index contributed by atoms with van der Waals surface area (Å²) in [6, 6.07) is 5.07. The van der Waals surface area contributed by atoms with Gasteiger partial charge in [0.1, 0.15) is 0 Å². The quantitative estimate of drug-likeness (QED) is 0.779. The number of carbonyl (C=O) groups is 3. The number of carboxylic acid groups (broad SMARTS) is 3. The van der Waals surface area contributed by atoms with Gasteiger partial charge in [-0.2, -0.15) is 0 Å². The van der Waals surface area contributed by atoms with Crippen molar-refractivity contribution >= 4 is 17.9 Å². The second-order valence-electron chi connectivity index (χ2n) is 4.58. The summed E-state index contributed by atoms with van der Waals surface area (Å²) >= 11 is 0. The van der Waals surface area contributed by atoms with E-state index in [1.165, 1.54) is 29.0 Å². The Balaban J connectivity index is 2.69. The van der Waals surface area contributed by atoms with Crippen molar-refractivity contribution in [2.75, 3.05) is 0 Å². The average Bonchev–Trinajstić information content (AvgIpc) is 2.90. The standard InChI is InChI=1S/C15H13NO6/c1-2-12-11(15(21)22)3-4-16(12)10-6-8(13(17)18)5-9(7-10)14(19)20/h3-7H,2H2,1H3,(H,17,18)(H,19,20)(H,21,22). The van der Waals surface area contributed by atoms with Crippen molar-refractivity contribution in [3.05, 3.63) is 52.8 Å². The maximum Gasteiger partial charge on any atom is 0.337 e. The van der Waals surface area contributed by atoms with Gasteiger partial charge in [0.15, 0.2) is 0 Å². The number of carboxylic acids is 3. The fraction of sp³-hybridized carbons (Fsp3) is 0.133. The highest BCUT2D eigenvalue weighted by Gasteiger charge is 2.17. The van der Waals surface area contributed by atoms with Crippen LogP contribution >= 0.6 is 0 Å². The first kappa shape index (κ1) is 15.3. The van der Waals surface area contributed by atoms with Gasteiger partial charge in [-0.1, -0.05) is 6.92 Å². The zero-order valence-electron chi connectivity index (χ0n) is 11.6. The zero-order chi connectivity index (χ0) is 16.4. The number of aromatic carboxylic acids is 3. The van der Waals surface area contributed by atoms with E-state index in [4.69, 9.17) is 15.3 Å². The number of rotatable bonds is 5. The fourth-order valence-electron chi connectivity index (χ4n) is 2.26. The lowest BCUT2D eigenvalue weighted by atomic mass is 10.1. The van der Waals surface area contributed by atoms with Crippen LogP contribution in [0.15, 0.2) is 30.5 Å². The van der Waals surface area contributed by atoms with Crippen LogP contribution in [0.25, 0.3) is 5.69 Å². The van der Waals surface area contributed by atoms with Crippen LogP contribution in [0.5, 0.6) is 0 Å². The molecule has 0 aliphatic rings. The van der Waals surface area contributed by atoms with Crippen molar-refractivity contribution in [2.24, 2.45) is 0 Å². The molecule has 7 heteroatoms. The van der Waals surface area contributed by atoms with Gasteiger partial charge in [0, 0.05) is 17.6 Å². The van der Waals surface area contributed by atoms with Crippen molar-refractivity contribution in [3.8, 4) is 5.69 Å². The molecule has 0 radical (unpaired) electrons. The number of benzene rings is 1. The van der Waals surface area contributed by atoms with E-state index in [9.17, 15) is 14.4 Å². The summed E-state index contributed by atoms with van der Waals surface area (Å²) in [7, 11) is 0. The molecule has 0 saturated heterocycles. The molecule has 2 rings (SSSR count). The number of hydrogen-bond donors (Lipinski definition) is 3. The van der Waals surface area contributed by atoms with Crippen LogP contribution in [0, 0.1) is 0 Å². The highest BCUT2D eigenvalue weighted by Crippen LogP contribution is 2.21. The molecule has 1 aromatic heterocycles. The van der Waals surface area contributed by atoms with Gasteiger partial charge in [0.25, 0.3) is 0 Å². The van der Waals surface area contributed by atoms with E-state index in [2.05, 4.69) is 0 Å². The Hall–Kier alpha value is -3.09. The third-order valence-electron chi connectivity index (χ3n) is 3.25. The predicted molar refractivity (Wildman–Crippen MR) is 76.0 cm³/mol. The number of aromatic nitrogens is 1. The molecule has 0 bridgehead atoms. The van der Waals surface area contributed by atoms with Crippen molar-refractivity contribution in [2.45, 2.75) is 13.3 Å². The van der Waals surface area contributed by atoms with E-state index in [1.54, 1.807) is 6.92 Å². The van der Waals surface area contributed by atoms with Gasteiger partial charge in [0.05, 0.1) is 16.7 Å². The molecule has 0 atom stereocenters. The molecule has 1 aromatic carbocycles. The Kier molecular flexibility index (Phi) is 3.98. The van der Waals surface area contributed by atoms with E-state index >= 15 is 0 Å².